The first-order valence-electron chi connectivity index (χ1n) is 5.20. The maximum Gasteiger partial charge on any atom is 0.336 e. The minimum absolute atomic E-state index is 0.268. The molecule has 5 nitrogen and oxygen atoms in total. The molecule has 17 heavy (non-hydrogen) atoms. The Morgan fingerprint density at radius 2 is 1.71 bits per heavy atom. The van der Waals surface area contributed by atoms with E-state index in [0.717, 1.165) is 9.99 Å². The smallest absolute Gasteiger partial charge is 0.336 e. The molecule has 0 bridgehead atoms. The summed E-state index contributed by atoms with van der Waals surface area (Å²) >= 11 is 6.06. The number of anilines is 1. The molecule has 1 aliphatic rings. The summed E-state index contributed by atoms with van der Waals surface area (Å²) < 4.78 is 31.8. The first-order valence-corrected chi connectivity index (χ1v) is 6.98. The number of hydrogen-bond acceptors (Lipinski definition) is 3. The van der Waals surface area contributed by atoms with E-state index in [-0.39, 0.29) is 13.1 Å². The van der Waals surface area contributed by atoms with Crippen molar-refractivity contribution >= 4 is 27.6 Å². The first kappa shape index (κ1) is 12.6. The molecular formula is C10H13ClN2O3S. The molecule has 7 heteroatoms. The van der Waals surface area contributed by atoms with Crippen LogP contribution in [0.2, 0.25) is 5.02 Å². The Labute approximate surface area is 105 Å². The van der Waals surface area contributed by atoms with Crippen LogP contribution in [0.15, 0.2) is 24.3 Å². The topological polar surface area (TPSA) is 60.9 Å². The zero-order valence-electron chi connectivity index (χ0n) is 9.08. The van der Waals surface area contributed by atoms with Crippen LogP contribution in [0.1, 0.15) is 0 Å². The Bertz CT molecular complexity index is 498. The summed E-state index contributed by atoms with van der Waals surface area (Å²) in [5.74, 6) is 0. The molecule has 2 rings (SSSR count). The molecule has 94 valence electrons. The zero-order valence-corrected chi connectivity index (χ0v) is 10.7. The van der Waals surface area contributed by atoms with E-state index < -0.39 is 10.3 Å². The highest BCUT2D eigenvalue weighted by molar-refractivity contribution is 7.83. The van der Waals surface area contributed by atoms with Crippen molar-refractivity contribution in [2.45, 2.75) is 0 Å². The van der Waals surface area contributed by atoms with Crippen molar-refractivity contribution < 1.29 is 13.0 Å². The molecule has 0 amide bonds. The van der Waals surface area contributed by atoms with Gasteiger partial charge in [-0.05, 0) is 12.1 Å². The van der Waals surface area contributed by atoms with Crippen molar-refractivity contribution in [1.29, 1.82) is 0 Å². The van der Waals surface area contributed by atoms with Gasteiger partial charge in [0.2, 0.25) is 0 Å². The number of nitrogens with zero attached hydrogens (tertiary/aromatic N) is 2. The van der Waals surface area contributed by atoms with Gasteiger partial charge in [-0.15, -0.1) is 0 Å². The highest BCUT2D eigenvalue weighted by Crippen LogP contribution is 2.26. The summed E-state index contributed by atoms with van der Waals surface area (Å²) in [5, 5.41) is 0.646. The van der Waals surface area contributed by atoms with E-state index in [9.17, 15) is 8.42 Å². The number of rotatable bonds is 2. The standard InChI is InChI=1S/C10H13ClN2O3S/c11-9-3-1-2-4-10(9)12-5-7-13(8-6-12)17(14,15)16/h1-4H,5-8H2,(H,14,15,16). The van der Waals surface area contributed by atoms with Gasteiger partial charge in [-0.1, -0.05) is 23.7 Å². The third-order valence-electron chi connectivity index (χ3n) is 2.76. The maximum absolute atomic E-state index is 10.9. The second-order valence-corrected chi connectivity index (χ2v) is 5.63. The van der Waals surface area contributed by atoms with Crippen LogP contribution in [0.25, 0.3) is 0 Å². The highest BCUT2D eigenvalue weighted by Gasteiger charge is 2.25. The molecule has 0 atom stereocenters. The predicted molar refractivity (Wildman–Crippen MR) is 66.8 cm³/mol. The largest absolute Gasteiger partial charge is 0.368 e. The molecule has 0 spiro atoms. The summed E-state index contributed by atoms with van der Waals surface area (Å²) in [7, 11) is -4.07. The molecule has 1 heterocycles. The summed E-state index contributed by atoms with van der Waals surface area (Å²) in [6.45, 7) is 1.57. The van der Waals surface area contributed by atoms with Gasteiger partial charge in [0.1, 0.15) is 0 Å². The molecule has 1 fully saturated rings. The SMILES string of the molecule is O=S(=O)(O)N1CCN(c2ccccc2Cl)CC1. The monoisotopic (exact) mass is 276 g/mol. The van der Waals surface area contributed by atoms with Gasteiger partial charge >= 0.3 is 10.3 Å². The van der Waals surface area contributed by atoms with Crippen LogP contribution in [0, 0.1) is 0 Å². The van der Waals surface area contributed by atoms with Crippen LogP contribution in [-0.4, -0.2) is 43.5 Å². The molecule has 1 aromatic rings. The molecule has 0 saturated carbocycles. The summed E-state index contributed by atoms with van der Waals surface area (Å²) in [4.78, 5) is 2.00. The first-order chi connectivity index (χ1) is 7.98. The highest BCUT2D eigenvalue weighted by atomic mass is 35.5. The molecular weight excluding hydrogens is 264 g/mol. The molecule has 1 aromatic carbocycles. The van der Waals surface area contributed by atoms with Gasteiger partial charge in [-0.3, -0.25) is 4.55 Å². The van der Waals surface area contributed by atoms with E-state index in [1.807, 2.05) is 23.1 Å². The molecule has 1 aliphatic heterocycles. The Morgan fingerprint density at radius 1 is 1.12 bits per heavy atom. The van der Waals surface area contributed by atoms with Gasteiger partial charge in [0.05, 0.1) is 10.7 Å². The third-order valence-corrected chi connectivity index (χ3v) is 4.10. The van der Waals surface area contributed by atoms with Crippen LogP contribution in [0.5, 0.6) is 0 Å². The lowest BCUT2D eigenvalue weighted by atomic mass is 10.2. The van der Waals surface area contributed by atoms with Gasteiger partial charge in [0.15, 0.2) is 0 Å². The quantitative estimate of drug-likeness (QED) is 0.827. The van der Waals surface area contributed by atoms with E-state index in [0.29, 0.717) is 18.1 Å². The Hall–Kier alpha value is -0.820. The van der Waals surface area contributed by atoms with E-state index in [1.165, 1.54) is 0 Å². The Kier molecular flexibility index (Phi) is 3.58. The molecule has 1 saturated heterocycles. The minimum atomic E-state index is -4.07. The van der Waals surface area contributed by atoms with Crippen LogP contribution in [0.4, 0.5) is 5.69 Å². The predicted octanol–water partition coefficient (Wildman–Crippen LogP) is 1.26. The van der Waals surface area contributed by atoms with Crippen LogP contribution < -0.4 is 4.90 Å². The van der Waals surface area contributed by atoms with Crippen molar-refractivity contribution in [3.05, 3.63) is 29.3 Å². The number of halogens is 1. The average molecular weight is 277 g/mol. The Balaban J connectivity index is 2.08. The van der Waals surface area contributed by atoms with E-state index in [2.05, 4.69) is 0 Å². The van der Waals surface area contributed by atoms with Crippen molar-refractivity contribution in [2.24, 2.45) is 0 Å². The Morgan fingerprint density at radius 3 is 2.24 bits per heavy atom. The second-order valence-electron chi connectivity index (χ2n) is 3.82. The van der Waals surface area contributed by atoms with Crippen LogP contribution in [-0.2, 0) is 10.3 Å². The van der Waals surface area contributed by atoms with Gasteiger partial charge in [0, 0.05) is 26.2 Å². The average Bonchev–Trinajstić information content (AvgIpc) is 2.29. The van der Waals surface area contributed by atoms with Gasteiger partial charge in [-0.2, -0.15) is 12.7 Å². The second kappa shape index (κ2) is 4.81. The minimum Gasteiger partial charge on any atom is -0.368 e. The fourth-order valence-electron chi connectivity index (χ4n) is 1.87. The number of para-hydroxylation sites is 1. The lowest BCUT2D eigenvalue weighted by Crippen LogP contribution is -2.48. The van der Waals surface area contributed by atoms with Crippen molar-refractivity contribution in [2.75, 3.05) is 31.1 Å². The molecule has 0 radical (unpaired) electrons. The molecule has 0 aliphatic carbocycles. The van der Waals surface area contributed by atoms with Crippen LogP contribution in [0.3, 0.4) is 0 Å². The van der Waals surface area contributed by atoms with Gasteiger partial charge in [0.25, 0.3) is 0 Å². The fraction of sp³-hybridized carbons (Fsp3) is 0.400. The molecule has 0 unspecified atom stereocenters. The summed E-state index contributed by atoms with van der Waals surface area (Å²) in [6.07, 6.45) is 0. The van der Waals surface area contributed by atoms with Gasteiger partial charge < -0.3 is 4.90 Å². The van der Waals surface area contributed by atoms with Gasteiger partial charge in [-0.25, -0.2) is 0 Å². The van der Waals surface area contributed by atoms with Crippen molar-refractivity contribution in [3.8, 4) is 0 Å². The molecule has 1 N–H and O–H groups in total. The van der Waals surface area contributed by atoms with Crippen molar-refractivity contribution in [3.63, 3.8) is 0 Å². The fourth-order valence-corrected chi connectivity index (χ4v) is 2.75. The van der Waals surface area contributed by atoms with E-state index >= 15 is 0 Å². The number of benzene rings is 1. The maximum atomic E-state index is 10.9. The lowest BCUT2D eigenvalue weighted by molar-refractivity contribution is 0.335. The normalized spacial score (nSPS) is 18.4. The summed E-state index contributed by atoms with van der Waals surface area (Å²) in [6, 6.07) is 7.42. The molecule has 0 aromatic heterocycles. The number of piperazine rings is 1. The van der Waals surface area contributed by atoms with Crippen molar-refractivity contribution in [1.82, 2.24) is 4.31 Å². The lowest BCUT2D eigenvalue weighted by Gasteiger charge is -2.34. The van der Waals surface area contributed by atoms with E-state index in [1.54, 1.807) is 6.07 Å². The zero-order chi connectivity index (χ0) is 12.5. The van der Waals surface area contributed by atoms with E-state index in [4.69, 9.17) is 16.2 Å². The van der Waals surface area contributed by atoms with Crippen LogP contribution >= 0.6 is 11.6 Å². The summed E-state index contributed by atoms with van der Waals surface area (Å²) in [5.41, 5.74) is 0.893. The third kappa shape index (κ3) is 2.90. The number of hydrogen-bond donors (Lipinski definition) is 1.